The molecular formula is C30H26FN5O2. The van der Waals surface area contributed by atoms with Crippen LogP contribution in [0.5, 0.6) is 5.75 Å². The first-order valence-corrected chi connectivity index (χ1v) is 12.8. The zero-order valence-corrected chi connectivity index (χ0v) is 21.0. The van der Waals surface area contributed by atoms with Crippen LogP contribution in [0, 0.1) is 11.7 Å². The molecule has 1 fully saturated rings. The standard InChI is InChI=1S/C30H26FN5O2/c1-30(2,37)29-33-14-18(15-34-29)20-12-25-24(13-23(20)31)35-28-22-11-21(22)27(36(25)28)19-5-3-4-6-26(19)38-16-17-7-9-32-10-8-17/h3-10,12-15,21-22,27,37H,11,16H2,1-2H3/t21-,22+,27-/m1/s1. The van der Waals surface area contributed by atoms with Gasteiger partial charge in [-0.25, -0.2) is 19.3 Å². The molecule has 0 spiro atoms. The molecule has 0 amide bonds. The summed E-state index contributed by atoms with van der Waals surface area (Å²) in [6.07, 6.45) is 7.71. The molecule has 0 bridgehead atoms. The second kappa shape index (κ2) is 8.43. The van der Waals surface area contributed by atoms with Crippen molar-refractivity contribution in [2.45, 2.75) is 44.4 Å². The lowest BCUT2D eigenvalue weighted by atomic mass is 10.0. The van der Waals surface area contributed by atoms with E-state index in [9.17, 15) is 5.11 Å². The van der Waals surface area contributed by atoms with Crippen molar-refractivity contribution in [2.75, 3.05) is 0 Å². The average Bonchev–Trinajstić information content (AvgIpc) is 3.53. The first-order valence-electron chi connectivity index (χ1n) is 12.8. The molecule has 4 heterocycles. The Morgan fingerprint density at radius 3 is 2.61 bits per heavy atom. The van der Waals surface area contributed by atoms with E-state index in [0.29, 0.717) is 35.1 Å². The predicted octanol–water partition coefficient (Wildman–Crippen LogP) is 5.54. The van der Waals surface area contributed by atoms with Crippen LogP contribution in [0.3, 0.4) is 0 Å². The van der Waals surface area contributed by atoms with Crippen LogP contribution in [0.4, 0.5) is 4.39 Å². The number of aliphatic hydroxyl groups is 1. The molecule has 7 nitrogen and oxygen atoms in total. The van der Waals surface area contributed by atoms with Crippen LogP contribution in [0.25, 0.3) is 22.2 Å². The van der Waals surface area contributed by atoms with Crippen LogP contribution < -0.4 is 4.74 Å². The number of fused-ring (bicyclic) bond motifs is 5. The average molecular weight is 508 g/mol. The molecule has 1 aliphatic heterocycles. The van der Waals surface area contributed by atoms with Crippen LogP contribution in [0.2, 0.25) is 0 Å². The van der Waals surface area contributed by atoms with Crippen LogP contribution in [-0.2, 0) is 12.2 Å². The molecule has 1 N–H and O–H groups in total. The topological polar surface area (TPSA) is 86.0 Å². The number of hydrogen-bond donors (Lipinski definition) is 1. The Balaban J connectivity index is 1.29. The Bertz CT molecular complexity index is 1660. The number of aromatic nitrogens is 5. The molecule has 0 radical (unpaired) electrons. The number of rotatable bonds is 6. The fourth-order valence-electron chi connectivity index (χ4n) is 5.61. The van der Waals surface area contributed by atoms with Gasteiger partial charge in [-0.15, -0.1) is 0 Å². The summed E-state index contributed by atoms with van der Waals surface area (Å²) in [5.74, 6) is 2.56. The van der Waals surface area contributed by atoms with E-state index in [-0.39, 0.29) is 17.7 Å². The molecule has 3 atom stereocenters. The zero-order chi connectivity index (χ0) is 26.0. The third-order valence-corrected chi connectivity index (χ3v) is 7.55. The van der Waals surface area contributed by atoms with Gasteiger partial charge >= 0.3 is 0 Å². The highest BCUT2D eigenvalue weighted by atomic mass is 19.1. The monoisotopic (exact) mass is 507 g/mol. The molecule has 3 aromatic heterocycles. The smallest absolute Gasteiger partial charge is 0.159 e. The quantitative estimate of drug-likeness (QED) is 0.325. The molecule has 0 saturated heterocycles. The lowest BCUT2D eigenvalue weighted by Crippen LogP contribution is -2.19. The molecule has 0 unspecified atom stereocenters. The number of nitrogens with zero attached hydrogens (tertiary/aromatic N) is 5. The number of halogens is 1. The summed E-state index contributed by atoms with van der Waals surface area (Å²) in [5.41, 5.74) is 3.46. The van der Waals surface area contributed by atoms with E-state index >= 15 is 4.39 Å². The Morgan fingerprint density at radius 2 is 1.84 bits per heavy atom. The third-order valence-electron chi connectivity index (χ3n) is 7.55. The highest BCUT2D eigenvalue weighted by Gasteiger charge is 2.55. The highest BCUT2D eigenvalue weighted by molar-refractivity contribution is 5.84. The van der Waals surface area contributed by atoms with Crippen molar-refractivity contribution >= 4 is 11.0 Å². The van der Waals surface area contributed by atoms with Gasteiger partial charge in [-0.2, -0.15) is 0 Å². The molecule has 2 aromatic carbocycles. The van der Waals surface area contributed by atoms with Crippen LogP contribution in [0.15, 0.2) is 73.3 Å². The summed E-state index contributed by atoms with van der Waals surface area (Å²) in [5, 5.41) is 10.2. The first kappa shape index (κ1) is 23.0. The van der Waals surface area contributed by atoms with E-state index in [4.69, 9.17) is 9.72 Å². The highest BCUT2D eigenvalue weighted by Crippen LogP contribution is 2.63. The maximum absolute atomic E-state index is 15.3. The summed E-state index contributed by atoms with van der Waals surface area (Å²) in [6, 6.07) is 15.5. The molecule has 190 valence electrons. The SMILES string of the molecule is CC(C)(O)c1ncc(-c2cc3c(cc2F)nc2n3[C@H](c3ccccc3OCc3ccncc3)[C@@H]3C[C@H]23)cn1. The van der Waals surface area contributed by atoms with Crippen molar-refractivity contribution in [1.82, 2.24) is 24.5 Å². The maximum Gasteiger partial charge on any atom is 0.159 e. The van der Waals surface area contributed by atoms with E-state index in [2.05, 4.69) is 25.6 Å². The second-order valence-corrected chi connectivity index (χ2v) is 10.6. The second-order valence-electron chi connectivity index (χ2n) is 10.6. The van der Waals surface area contributed by atoms with Crippen LogP contribution in [-0.4, -0.2) is 29.6 Å². The minimum atomic E-state index is -1.17. The summed E-state index contributed by atoms with van der Waals surface area (Å²) in [4.78, 5) is 17.5. The Labute approximate surface area is 219 Å². The molecule has 7 rings (SSSR count). The summed E-state index contributed by atoms with van der Waals surface area (Å²) < 4.78 is 23.8. The molecule has 2 aliphatic rings. The minimum Gasteiger partial charge on any atom is -0.489 e. The molecule has 5 aromatic rings. The molecular weight excluding hydrogens is 481 g/mol. The Morgan fingerprint density at radius 1 is 1.08 bits per heavy atom. The van der Waals surface area contributed by atoms with Crippen LogP contribution in [0.1, 0.15) is 55.0 Å². The van der Waals surface area contributed by atoms with Crippen molar-refractivity contribution in [2.24, 2.45) is 5.92 Å². The van der Waals surface area contributed by atoms with Gasteiger partial charge in [0.2, 0.25) is 0 Å². The van der Waals surface area contributed by atoms with Crippen molar-refractivity contribution in [1.29, 1.82) is 0 Å². The molecule has 1 saturated carbocycles. The summed E-state index contributed by atoms with van der Waals surface area (Å²) in [7, 11) is 0. The van der Waals surface area contributed by atoms with E-state index in [1.165, 1.54) is 6.07 Å². The lowest BCUT2D eigenvalue weighted by molar-refractivity contribution is 0.0687. The minimum absolute atomic E-state index is 0.0563. The normalized spacial score (nSPS) is 19.8. The largest absolute Gasteiger partial charge is 0.489 e. The van der Waals surface area contributed by atoms with Gasteiger partial charge in [0.1, 0.15) is 29.6 Å². The van der Waals surface area contributed by atoms with Gasteiger partial charge in [0.25, 0.3) is 0 Å². The Hall–Kier alpha value is -4.17. The van der Waals surface area contributed by atoms with Gasteiger partial charge in [-0.3, -0.25) is 4.98 Å². The van der Waals surface area contributed by atoms with E-state index in [1.807, 2.05) is 36.4 Å². The van der Waals surface area contributed by atoms with Gasteiger partial charge in [-0.1, -0.05) is 18.2 Å². The van der Waals surface area contributed by atoms with Gasteiger partial charge in [-0.05, 0) is 56.0 Å². The van der Waals surface area contributed by atoms with Gasteiger partial charge < -0.3 is 14.4 Å². The van der Waals surface area contributed by atoms with Crippen LogP contribution >= 0.6 is 0 Å². The Kier molecular flexibility index (Phi) is 5.10. The van der Waals surface area contributed by atoms with Crippen molar-refractivity contribution in [3.63, 3.8) is 0 Å². The zero-order valence-electron chi connectivity index (χ0n) is 21.0. The summed E-state index contributed by atoms with van der Waals surface area (Å²) >= 11 is 0. The number of para-hydroxylation sites is 1. The first-order chi connectivity index (χ1) is 18.4. The van der Waals surface area contributed by atoms with Gasteiger partial charge in [0.05, 0.1) is 17.1 Å². The number of imidazole rings is 1. The summed E-state index contributed by atoms with van der Waals surface area (Å²) in [6.45, 7) is 3.69. The van der Waals surface area contributed by atoms with E-state index < -0.39 is 5.60 Å². The number of hydrogen-bond acceptors (Lipinski definition) is 6. The number of benzene rings is 2. The van der Waals surface area contributed by atoms with Gasteiger partial charge in [0, 0.05) is 53.5 Å². The van der Waals surface area contributed by atoms with Crippen molar-refractivity contribution in [3.05, 3.63) is 102 Å². The van der Waals surface area contributed by atoms with Crippen molar-refractivity contribution < 1.29 is 14.2 Å². The van der Waals surface area contributed by atoms with Crippen molar-refractivity contribution in [3.8, 4) is 16.9 Å². The lowest BCUT2D eigenvalue weighted by Gasteiger charge is -2.21. The molecule has 8 heteroatoms. The fourth-order valence-corrected chi connectivity index (χ4v) is 5.61. The number of pyridine rings is 1. The molecule has 1 aliphatic carbocycles. The van der Waals surface area contributed by atoms with E-state index in [0.717, 1.165) is 34.6 Å². The molecule has 38 heavy (non-hydrogen) atoms. The fraction of sp³-hybridized carbons (Fsp3) is 0.267. The third kappa shape index (κ3) is 3.75. The maximum atomic E-state index is 15.3. The van der Waals surface area contributed by atoms with Gasteiger partial charge in [0.15, 0.2) is 5.82 Å². The predicted molar refractivity (Wildman–Crippen MR) is 140 cm³/mol. The number of ether oxygens (including phenoxy) is 1. The van der Waals surface area contributed by atoms with E-state index in [1.54, 1.807) is 38.6 Å².